The first-order chi connectivity index (χ1) is 9.15. The summed E-state index contributed by atoms with van der Waals surface area (Å²) in [5.74, 6) is 0.355. The minimum Gasteiger partial charge on any atom is -0.391 e. The summed E-state index contributed by atoms with van der Waals surface area (Å²) < 4.78 is 5.70. The largest absolute Gasteiger partial charge is 0.391 e. The summed E-state index contributed by atoms with van der Waals surface area (Å²) in [6, 6.07) is 0. The molecule has 0 radical (unpaired) electrons. The van der Waals surface area contributed by atoms with Crippen molar-refractivity contribution < 1.29 is 9.84 Å². The molecule has 0 saturated carbocycles. The van der Waals surface area contributed by atoms with Crippen LogP contribution in [0.25, 0.3) is 0 Å². The maximum atomic E-state index is 9.45. The van der Waals surface area contributed by atoms with Gasteiger partial charge in [-0.3, -0.25) is 0 Å². The van der Waals surface area contributed by atoms with E-state index in [9.17, 15) is 5.11 Å². The predicted molar refractivity (Wildman–Crippen MR) is 79.0 cm³/mol. The Kier molecular flexibility index (Phi) is 5.19. The Bertz CT molecular complexity index is 400. The third-order valence-electron chi connectivity index (χ3n) is 3.51. The van der Waals surface area contributed by atoms with Crippen molar-refractivity contribution in [3.8, 4) is 0 Å². The van der Waals surface area contributed by atoms with Gasteiger partial charge in [0.1, 0.15) is 0 Å². The number of thiazole rings is 1. The van der Waals surface area contributed by atoms with Gasteiger partial charge in [-0.25, -0.2) is 4.98 Å². The molecule has 1 atom stereocenters. The highest BCUT2D eigenvalue weighted by Gasteiger charge is 2.22. The Morgan fingerprint density at radius 2 is 2.32 bits per heavy atom. The fourth-order valence-electron chi connectivity index (χ4n) is 2.43. The molecule has 19 heavy (non-hydrogen) atoms. The van der Waals surface area contributed by atoms with E-state index in [0.29, 0.717) is 12.0 Å². The first-order valence-corrected chi connectivity index (χ1v) is 7.94. The second-order valence-electron chi connectivity index (χ2n) is 5.29. The number of aliphatic hydroxyl groups is 1. The summed E-state index contributed by atoms with van der Waals surface area (Å²) in [4.78, 5) is 7.99. The zero-order valence-corrected chi connectivity index (χ0v) is 12.9. The lowest BCUT2D eigenvalue weighted by molar-refractivity contribution is 0.115. The summed E-state index contributed by atoms with van der Waals surface area (Å²) in [6.45, 7) is 9.19. The summed E-state index contributed by atoms with van der Waals surface area (Å²) in [7, 11) is 0. The lowest BCUT2D eigenvalue weighted by Crippen LogP contribution is -2.31. The molecule has 1 aliphatic heterocycles. The predicted octanol–water partition coefficient (Wildman–Crippen LogP) is 2.76. The van der Waals surface area contributed by atoms with Crippen LogP contribution in [0.1, 0.15) is 50.1 Å². The molecule has 0 spiro atoms. The van der Waals surface area contributed by atoms with Crippen molar-refractivity contribution in [1.82, 2.24) is 4.98 Å². The maximum absolute atomic E-state index is 9.45. The topological polar surface area (TPSA) is 45.6 Å². The van der Waals surface area contributed by atoms with Gasteiger partial charge in [-0.05, 0) is 25.7 Å². The highest BCUT2D eigenvalue weighted by molar-refractivity contribution is 7.15. The number of likely N-dealkylation sites (N-methyl/N-ethyl adjacent to an activating group) is 1. The Morgan fingerprint density at radius 1 is 1.53 bits per heavy atom. The van der Waals surface area contributed by atoms with Crippen molar-refractivity contribution in [3.63, 3.8) is 0 Å². The summed E-state index contributed by atoms with van der Waals surface area (Å²) in [6.07, 6.45) is 2.65. The van der Waals surface area contributed by atoms with Crippen LogP contribution in [0.4, 0.5) is 5.13 Å². The molecule has 1 unspecified atom stereocenters. The summed E-state index contributed by atoms with van der Waals surface area (Å²) >= 11 is 1.61. The third kappa shape index (κ3) is 3.46. The molecule has 5 heteroatoms. The summed E-state index contributed by atoms with van der Waals surface area (Å²) in [5.41, 5.74) is 1.04. The number of aromatic nitrogens is 1. The van der Waals surface area contributed by atoms with E-state index in [0.717, 1.165) is 41.8 Å². The van der Waals surface area contributed by atoms with Gasteiger partial charge < -0.3 is 14.7 Å². The van der Waals surface area contributed by atoms with Gasteiger partial charge in [0.2, 0.25) is 0 Å². The molecule has 1 N–H and O–H groups in total. The molecule has 0 amide bonds. The Hall–Kier alpha value is -0.650. The molecule has 1 saturated heterocycles. The van der Waals surface area contributed by atoms with Crippen LogP contribution in [0.15, 0.2) is 0 Å². The molecule has 108 valence electrons. The molecular weight excluding hydrogens is 260 g/mol. The number of ether oxygens (including phenoxy) is 1. The van der Waals surface area contributed by atoms with E-state index in [1.807, 2.05) is 0 Å². The lowest BCUT2D eigenvalue weighted by Gasteiger charge is -2.23. The number of aliphatic hydroxyl groups excluding tert-OH is 1. The van der Waals surface area contributed by atoms with E-state index in [1.165, 1.54) is 6.42 Å². The van der Waals surface area contributed by atoms with Crippen molar-refractivity contribution in [2.45, 2.75) is 52.2 Å². The van der Waals surface area contributed by atoms with E-state index in [1.54, 1.807) is 11.3 Å². The number of hydrogen-bond acceptors (Lipinski definition) is 5. The SMILES string of the molecule is CCN(CC1CCCO1)c1nc(C(C)C)c(CO)s1. The van der Waals surface area contributed by atoms with Crippen LogP contribution >= 0.6 is 11.3 Å². The van der Waals surface area contributed by atoms with E-state index in [4.69, 9.17) is 9.72 Å². The van der Waals surface area contributed by atoms with Crippen LogP contribution in [0.3, 0.4) is 0 Å². The quantitative estimate of drug-likeness (QED) is 0.872. The third-order valence-corrected chi connectivity index (χ3v) is 4.62. The van der Waals surface area contributed by atoms with E-state index >= 15 is 0 Å². The second kappa shape index (κ2) is 6.68. The molecule has 0 bridgehead atoms. The zero-order valence-electron chi connectivity index (χ0n) is 12.1. The van der Waals surface area contributed by atoms with E-state index in [2.05, 4.69) is 25.7 Å². The van der Waals surface area contributed by atoms with Gasteiger partial charge in [0.25, 0.3) is 0 Å². The van der Waals surface area contributed by atoms with E-state index in [-0.39, 0.29) is 6.61 Å². The normalized spacial score (nSPS) is 19.3. The van der Waals surface area contributed by atoms with Gasteiger partial charge in [-0.1, -0.05) is 25.2 Å². The number of anilines is 1. The minimum absolute atomic E-state index is 0.0860. The molecule has 2 heterocycles. The Balaban J connectivity index is 2.13. The van der Waals surface area contributed by atoms with Crippen molar-refractivity contribution >= 4 is 16.5 Å². The van der Waals surface area contributed by atoms with Crippen LogP contribution in [0.2, 0.25) is 0 Å². The van der Waals surface area contributed by atoms with Crippen molar-refractivity contribution in [1.29, 1.82) is 0 Å². The van der Waals surface area contributed by atoms with Gasteiger partial charge in [-0.15, -0.1) is 0 Å². The van der Waals surface area contributed by atoms with Crippen LogP contribution < -0.4 is 4.90 Å². The number of rotatable bonds is 6. The monoisotopic (exact) mass is 284 g/mol. The highest BCUT2D eigenvalue weighted by Crippen LogP contribution is 2.31. The molecule has 1 aliphatic rings. The van der Waals surface area contributed by atoms with Crippen LogP contribution in [0, 0.1) is 0 Å². The molecule has 1 aromatic heterocycles. The van der Waals surface area contributed by atoms with Gasteiger partial charge >= 0.3 is 0 Å². The molecule has 1 fully saturated rings. The lowest BCUT2D eigenvalue weighted by atomic mass is 10.1. The fourth-order valence-corrected chi connectivity index (χ4v) is 3.57. The van der Waals surface area contributed by atoms with Crippen molar-refractivity contribution in [3.05, 3.63) is 10.6 Å². The summed E-state index contributed by atoms with van der Waals surface area (Å²) in [5, 5.41) is 10.5. The van der Waals surface area contributed by atoms with Gasteiger partial charge in [0, 0.05) is 19.7 Å². The molecule has 2 rings (SSSR count). The first-order valence-electron chi connectivity index (χ1n) is 7.12. The zero-order chi connectivity index (χ0) is 13.8. The van der Waals surface area contributed by atoms with Crippen LogP contribution in [-0.4, -0.2) is 35.9 Å². The Labute approximate surface area is 119 Å². The van der Waals surface area contributed by atoms with Gasteiger partial charge in [0.15, 0.2) is 5.13 Å². The first kappa shape index (κ1) is 14.8. The minimum atomic E-state index is 0.0860. The smallest absolute Gasteiger partial charge is 0.185 e. The molecule has 1 aromatic rings. The van der Waals surface area contributed by atoms with Crippen LogP contribution in [-0.2, 0) is 11.3 Å². The van der Waals surface area contributed by atoms with Crippen molar-refractivity contribution in [2.24, 2.45) is 0 Å². The average molecular weight is 284 g/mol. The fraction of sp³-hybridized carbons (Fsp3) is 0.786. The van der Waals surface area contributed by atoms with E-state index < -0.39 is 0 Å². The highest BCUT2D eigenvalue weighted by atomic mass is 32.1. The second-order valence-corrected chi connectivity index (χ2v) is 6.35. The molecule has 4 nitrogen and oxygen atoms in total. The molecule has 0 aromatic carbocycles. The maximum Gasteiger partial charge on any atom is 0.185 e. The van der Waals surface area contributed by atoms with Crippen LogP contribution in [0.5, 0.6) is 0 Å². The standard InChI is InChI=1S/C14H24N2O2S/c1-4-16(8-11-6-5-7-18-11)14-15-13(10(2)3)12(9-17)19-14/h10-11,17H,4-9H2,1-3H3. The number of hydrogen-bond donors (Lipinski definition) is 1. The molecule has 0 aliphatic carbocycles. The van der Waals surface area contributed by atoms with Gasteiger partial charge in [-0.2, -0.15) is 0 Å². The van der Waals surface area contributed by atoms with Crippen molar-refractivity contribution in [2.75, 3.05) is 24.6 Å². The number of nitrogens with zero attached hydrogens (tertiary/aromatic N) is 2. The molecular formula is C14H24N2O2S. The average Bonchev–Trinajstić information content (AvgIpc) is 3.04. The Morgan fingerprint density at radius 3 is 2.79 bits per heavy atom. The van der Waals surface area contributed by atoms with Gasteiger partial charge in [0.05, 0.1) is 23.3 Å².